The fraction of sp³-hybridized carbons (Fsp3) is 0.125. The van der Waals surface area contributed by atoms with E-state index in [-0.39, 0.29) is 5.91 Å². The van der Waals surface area contributed by atoms with Crippen LogP contribution in [0.15, 0.2) is 60.9 Å². The zero-order valence-corrected chi connectivity index (χ0v) is 11.9. The molecule has 22 heavy (non-hydrogen) atoms. The van der Waals surface area contributed by atoms with E-state index in [2.05, 4.69) is 20.8 Å². The number of carbonyl (C=O) groups is 1. The molecule has 3 rings (SSSR count). The van der Waals surface area contributed by atoms with Crippen LogP contribution in [0.25, 0.3) is 5.69 Å². The molecule has 0 aliphatic rings. The fourth-order valence-corrected chi connectivity index (χ4v) is 2.20. The molecule has 0 spiro atoms. The average Bonchev–Trinajstić information content (AvgIpc) is 3.10. The summed E-state index contributed by atoms with van der Waals surface area (Å²) in [4.78, 5) is 12.4. The molecule has 6 heteroatoms. The number of carbonyl (C=O) groups excluding carboxylic acids is 1. The maximum Gasteiger partial charge on any atom is 0.253 e. The molecule has 6 nitrogen and oxygen atoms in total. The van der Waals surface area contributed by atoms with Gasteiger partial charge in [-0.05, 0) is 34.5 Å². The number of amides is 1. The highest BCUT2D eigenvalue weighted by molar-refractivity contribution is 5.97. The van der Waals surface area contributed by atoms with Crippen LogP contribution in [0, 0.1) is 0 Å². The van der Waals surface area contributed by atoms with Crippen molar-refractivity contribution in [2.24, 2.45) is 0 Å². The van der Waals surface area contributed by atoms with Gasteiger partial charge in [-0.2, -0.15) is 4.68 Å². The van der Waals surface area contributed by atoms with Crippen molar-refractivity contribution >= 4 is 5.91 Å². The van der Waals surface area contributed by atoms with Gasteiger partial charge < -0.3 is 5.32 Å². The van der Waals surface area contributed by atoms with Gasteiger partial charge in [0.15, 0.2) is 0 Å². The van der Waals surface area contributed by atoms with Gasteiger partial charge in [0.1, 0.15) is 6.33 Å². The summed E-state index contributed by atoms with van der Waals surface area (Å²) in [5.41, 5.74) is 2.39. The Morgan fingerprint density at radius 3 is 2.59 bits per heavy atom. The minimum absolute atomic E-state index is 0.137. The lowest BCUT2D eigenvalue weighted by Gasteiger charge is -2.09. The van der Waals surface area contributed by atoms with Gasteiger partial charge in [0.05, 0.1) is 11.3 Å². The molecule has 0 atom stereocenters. The summed E-state index contributed by atoms with van der Waals surface area (Å²) < 4.78 is 1.48. The van der Waals surface area contributed by atoms with Crippen LogP contribution in [0.4, 0.5) is 0 Å². The van der Waals surface area contributed by atoms with Crippen LogP contribution < -0.4 is 5.32 Å². The van der Waals surface area contributed by atoms with E-state index in [9.17, 15) is 4.79 Å². The Hall–Kier alpha value is -3.02. The minimum Gasteiger partial charge on any atom is -0.352 e. The molecule has 0 saturated heterocycles. The Bertz CT molecular complexity index is 740. The zero-order valence-electron chi connectivity index (χ0n) is 11.9. The Kier molecular flexibility index (Phi) is 4.20. The third-order valence-electron chi connectivity index (χ3n) is 3.29. The summed E-state index contributed by atoms with van der Waals surface area (Å²) in [6.07, 6.45) is 2.26. The van der Waals surface area contributed by atoms with E-state index in [0.29, 0.717) is 17.8 Å². The molecule has 2 aromatic carbocycles. The van der Waals surface area contributed by atoms with Crippen LogP contribution in [0.1, 0.15) is 15.9 Å². The monoisotopic (exact) mass is 293 g/mol. The maximum absolute atomic E-state index is 12.4. The average molecular weight is 293 g/mol. The molecule has 0 bridgehead atoms. The first-order valence-corrected chi connectivity index (χ1v) is 6.99. The second kappa shape index (κ2) is 6.62. The van der Waals surface area contributed by atoms with E-state index in [1.807, 2.05) is 48.5 Å². The minimum atomic E-state index is -0.137. The van der Waals surface area contributed by atoms with Crippen LogP contribution in [0.3, 0.4) is 0 Å². The number of para-hydroxylation sites is 1. The topological polar surface area (TPSA) is 72.7 Å². The largest absolute Gasteiger partial charge is 0.352 e. The van der Waals surface area contributed by atoms with Crippen molar-refractivity contribution in [3.8, 4) is 5.69 Å². The Balaban J connectivity index is 1.68. The van der Waals surface area contributed by atoms with Gasteiger partial charge in [0, 0.05) is 6.54 Å². The summed E-state index contributed by atoms with van der Waals surface area (Å²) in [7, 11) is 0. The molecule has 1 heterocycles. The van der Waals surface area contributed by atoms with Crippen molar-refractivity contribution in [1.82, 2.24) is 25.5 Å². The molecule has 1 N–H and O–H groups in total. The first kappa shape index (κ1) is 13.9. The number of hydrogen-bond donors (Lipinski definition) is 1. The van der Waals surface area contributed by atoms with Crippen LogP contribution in [0.2, 0.25) is 0 Å². The number of nitrogens with zero attached hydrogens (tertiary/aromatic N) is 4. The smallest absolute Gasteiger partial charge is 0.253 e. The summed E-state index contributed by atoms with van der Waals surface area (Å²) in [6.45, 7) is 0.576. The lowest BCUT2D eigenvalue weighted by Crippen LogP contribution is -2.26. The highest BCUT2D eigenvalue weighted by Gasteiger charge is 2.12. The summed E-state index contributed by atoms with van der Waals surface area (Å²) in [5.74, 6) is -0.137. The van der Waals surface area contributed by atoms with Gasteiger partial charge in [0.25, 0.3) is 5.91 Å². The van der Waals surface area contributed by atoms with Gasteiger partial charge >= 0.3 is 0 Å². The second-order valence-corrected chi connectivity index (χ2v) is 4.76. The summed E-state index contributed by atoms with van der Waals surface area (Å²) >= 11 is 0. The summed E-state index contributed by atoms with van der Waals surface area (Å²) in [5, 5.41) is 14.0. The van der Waals surface area contributed by atoms with Gasteiger partial charge in [-0.1, -0.05) is 42.5 Å². The predicted octanol–water partition coefficient (Wildman–Crippen LogP) is 1.63. The van der Waals surface area contributed by atoms with Crippen LogP contribution in [0.5, 0.6) is 0 Å². The number of tetrazole rings is 1. The molecule has 0 unspecified atom stereocenters. The van der Waals surface area contributed by atoms with E-state index >= 15 is 0 Å². The SMILES string of the molecule is O=C(NCCc1ccccc1)c1ccccc1-n1cnnn1. The number of hydrogen-bond acceptors (Lipinski definition) is 4. The maximum atomic E-state index is 12.4. The molecule has 0 aliphatic heterocycles. The summed E-state index contributed by atoms with van der Waals surface area (Å²) in [6, 6.07) is 17.3. The predicted molar refractivity (Wildman–Crippen MR) is 81.6 cm³/mol. The van der Waals surface area contributed by atoms with Crippen molar-refractivity contribution in [3.05, 3.63) is 72.1 Å². The molecule has 3 aromatic rings. The molecule has 0 fully saturated rings. The first-order valence-electron chi connectivity index (χ1n) is 6.99. The van der Waals surface area contributed by atoms with Gasteiger partial charge in [-0.3, -0.25) is 4.79 Å². The Morgan fingerprint density at radius 1 is 1.05 bits per heavy atom. The van der Waals surface area contributed by atoms with Gasteiger partial charge in [-0.15, -0.1) is 5.10 Å². The highest BCUT2D eigenvalue weighted by atomic mass is 16.1. The van der Waals surface area contributed by atoms with Crippen molar-refractivity contribution in [2.45, 2.75) is 6.42 Å². The van der Waals surface area contributed by atoms with E-state index in [4.69, 9.17) is 0 Å². The quantitative estimate of drug-likeness (QED) is 0.776. The van der Waals surface area contributed by atoms with E-state index in [1.165, 1.54) is 16.6 Å². The number of aromatic nitrogens is 4. The van der Waals surface area contributed by atoms with Crippen LogP contribution >= 0.6 is 0 Å². The molecular weight excluding hydrogens is 278 g/mol. The fourth-order valence-electron chi connectivity index (χ4n) is 2.20. The van der Waals surface area contributed by atoms with Crippen molar-refractivity contribution < 1.29 is 4.79 Å². The molecule has 1 aromatic heterocycles. The lowest BCUT2D eigenvalue weighted by molar-refractivity contribution is 0.0954. The van der Waals surface area contributed by atoms with Gasteiger partial charge in [-0.25, -0.2) is 0 Å². The number of nitrogens with one attached hydrogen (secondary N) is 1. The van der Waals surface area contributed by atoms with E-state index < -0.39 is 0 Å². The Labute approximate surface area is 127 Å². The van der Waals surface area contributed by atoms with Crippen LogP contribution in [-0.2, 0) is 6.42 Å². The molecule has 110 valence electrons. The molecule has 0 saturated carbocycles. The van der Waals surface area contributed by atoms with E-state index in [0.717, 1.165) is 6.42 Å². The Morgan fingerprint density at radius 2 is 1.82 bits per heavy atom. The lowest BCUT2D eigenvalue weighted by atomic mass is 10.1. The van der Waals surface area contributed by atoms with Crippen molar-refractivity contribution in [2.75, 3.05) is 6.54 Å². The molecule has 0 radical (unpaired) electrons. The third-order valence-corrected chi connectivity index (χ3v) is 3.29. The first-order chi connectivity index (χ1) is 10.8. The molecule has 1 amide bonds. The molecular formula is C16H15N5O. The van der Waals surface area contributed by atoms with Crippen LogP contribution in [-0.4, -0.2) is 32.7 Å². The standard InChI is InChI=1S/C16H15N5O/c22-16(17-11-10-13-6-2-1-3-7-13)14-8-4-5-9-15(14)21-12-18-19-20-21/h1-9,12H,10-11H2,(H,17,22). The molecule has 0 aliphatic carbocycles. The van der Waals surface area contributed by atoms with Crippen molar-refractivity contribution in [3.63, 3.8) is 0 Å². The number of benzene rings is 2. The zero-order chi connectivity index (χ0) is 15.2. The van der Waals surface area contributed by atoms with E-state index in [1.54, 1.807) is 6.07 Å². The van der Waals surface area contributed by atoms with Gasteiger partial charge in [0.2, 0.25) is 0 Å². The normalized spacial score (nSPS) is 10.4. The third kappa shape index (κ3) is 3.17. The highest BCUT2D eigenvalue weighted by Crippen LogP contribution is 2.12. The van der Waals surface area contributed by atoms with Crippen molar-refractivity contribution in [1.29, 1.82) is 0 Å². The second-order valence-electron chi connectivity index (χ2n) is 4.76. The number of rotatable bonds is 5.